The van der Waals surface area contributed by atoms with Gasteiger partial charge in [-0.2, -0.15) is 0 Å². The normalized spacial score (nSPS) is 16.6. The van der Waals surface area contributed by atoms with E-state index in [0.29, 0.717) is 36.9 Å². The molecule has 3 aromatic rings. The van der Waals surface area contributed by atoms with E-state index in [1.807, 2.05) is 24.3 Å². The highest BCUT2D eigenvalue weighted by Crippen LogP contribution is 2.21. The number of nitrogens with one attached hydrogen (secondary N) is 6. The lowest BCUT2D eigenvalue weighted by atomic mass is 10.0. The molecule has 0 bridgehead atoms. The maximum atomic E-state index is 14.4. The van der Waals surface area contributed by atoms with Crippen LogP contribution in [0.4, 0.5) is 0 Å². The zero-order chi connectivity index (χ0) is 45.2. The van der Waals surface area contributed by atoms with Crippen molar-refractivity contribution in [3.63, 3.8) is 0 Å². The second kappa shape index (κ2) is 24.1. The highest BCUT2D eigenvalue weighted by Gasteiger charge is 2.40. The Morgan fingerprint density at radius 3 is 2.08 bits per heavy atom. The van der Waals surface area contributed by atoms with E-state index >= 15 is 0 Å². The minimum Gasteiger partial charge on any atom is -0.391 e. The van der Waals surface area contributed by atoms with Crippen molar-refractivity contribution in [2.45, 2.75) is 114 Å². The number of primary amides is 1. The molecular weight excluding hydrogens is 799 g/mol. The van der Waals surface area contributed by atoms with Crippen molar-refractivity contribution in [1.29, 1.82) is 0 Å². The molecule has 1 fully saturated rings. The number of unbranched alkanes of at least 4 members (excludes halogenated alkanes) is 1. The number of amides is 7. The number of para-hydroxylation sites is 1. The molecule has 336 valence electrons. The summed E-state index contributed by atoms with van der Waals surface area (Å²) in [6.45, 7) is 3.86. The summed E-state index contributed by atoms with van der Waals surface area (Å²) in [6, 6.07) is 10.4. The van der Waals surface area contributed by atoms with Crippen molar-refractivity contribution >= 4 is 58.2 Å². The third kappa shape index (κ3) is 14.6. The van der Waals surface area contributed by atoms with Gasteiger partial charge in [0.05, 0.1) is 6.10 Å². The molecule has 2 aromatic carbocycles. The SMILES string of the molecule is CCC(=O)NCCCC[C@H](NC(=O)[C@H](Cc1c[nH]c2ccccc12)NC(=O)[C@H](CCCN=C(N)N)NC(=O)[C@@H](Cc1ccccc1)NC(=O)[C@@H]1C[C@@H](O)CN1C(=O)CC)C(N)=O. The lowest BCUT2D eigenvalue weighted by Gasteiger charge is -2.28. The number of aliphatic hydroxyl groups excluding tert-OH is 1. The molecule has 4 rings (SSSR count). The van der Waals surface area contributed by atoms with Gasteiger partial charge in [0.2, 0.25) is 41.4 Å². The number of hydrogen-bond donors (Lipinski definition) is 10. The summed E-state index contributed by atoms with van der Waals surface area (Å²) in [5.74, 6) is -4.18. The first-order chi connectivity index (χ1) is 29.7. The van der Waals surface area contributed by atoms with Crippen LogP contribution >= 0.6 is 0 Å². The fraction of sp³-hybridized carbons (Fsp3) is 0.488. The Hall–Kier alpha value is -6.50. The molecule has 19 nitrogen and oxygen atoms in total. The second-order valence-corrected chi connectivity index (χ2v) is 15.4. The van der Waals surface area contributed by atoms with Gasteiger partial charge in [0.25, 0.3) is 0 Å². The average molecular weight is 860 g/mol. The van der Waals surface area contributed by atoms with Gasteiger partial charge in [-0.25, -0.2) is 0 Å². The Morgan fingerprint density at radius 2 is 1.40 bits per heavy atom. The van der Waals surface area contributed by atoms with Gasteiger partial charge in [-0.1, -0.05) is 62.4 Å². The maximum absolute atomic E-state index is 14.4. The van der Waals surface area contributed by atoms with E-state index in [1.54, 1.807) is 50.4 Å². The molecule has 13 N–H and O–H groups in total. The number of nitrogens with two attached hydrogens (primary N) is 3. The van der Waals surface area contributed by atoms with E-state index in [1.165, 1.54) is 4.90 Å². The van der Waals surface area contributed by atoms with Crippen LogP contribution in [0.1, 0.15) is 76.3 Å². The lowest BCUT2D eigenvalue weighted by Crippen LogP contribution is -2.59. The van der Waals surface area contributed by atoms with E-state index in [4.69, 9.17) is 17.2 Å². The Kier molecular flexibility index (Phi) is 18.7. The first kappa shape index (κ1) is 48.2. The fourth-order valence-electron chi connectivity index (χ4n) is 7.30. The summed E-state index contributed by atoms with van der Waals surface area (Å²) < 4.78 is 0. The zero-order valence-electron chi connectivity index (χ0n) is 35.4. The predicted molar refractivity (Wildman–Crippen MR) is 233 cm³/mol. The number of aliphatic imine (C=N–C) groups is 1. The Morgan fingerprint density at radius 1 is 0.774 bits per heavy atom. The largest absolute Gasteiger partial charge is 0.391 e. The molecule has 1 saturated heterocycles. The highest BCUT2D eigenvalue weighted by molar-refractivity contribution is 5.97. The summed E-state index contributed by atoms with van der Waals surface area (Å²) in [6.07, 6.45) is 2.63. The predicted octanol–water partition coefficient (Wildman–Crippen LogP) is -0.500. The Bertz CT molecular complexity index is 2040. The fourth-order valence-corrected chi connectivity index (χ4v) is 7.30. The number of β-amino-alcohol motifs (C(OH)–C–C–N with tert-alkyl or cyclic N) is 1. The molecule has 0 saturated carbocycles. The number of aromatic nitrogens is 1. The molecule has 7 amide bonds. The van der Waals surface area contributed by atoms with Gasteiger partial charge >= 0.3 is 0 Å². The van der Waals surface area contributed by atoms with Crippen molar-refractivity contribution in [3.8, 4) is 0 Å². The minimum atomic E-state index is -1.28. The minimum absolute atomic E-state index is 0.00780. The molecule has 1 aliphatic heterocycles. The van der Waals surface area contributed by atoms with Crippen molar-refractivity contribution in [2.75, 3.05) is 19.6 Å². The topological polar surface area (TPSA) is 309 Å². The molecule has 0 unspecified atom stereocenters. The van der Waals surface area contributed by atoms with Crippen LogP contribution < -0.4 is 43.8 Å². The van der Waals surface area contributed by atoms with Crippen LogP contribution in [0.15, 0.2) is 65.8 Å². The number of carbonyl (C=O) groups is 7. The quantitative estimate of drug-likeness (QED) is 0.0313. The summed E-state index contributed by atoms with van der Waals surface area (Å²) in [4.78, 5) is 102. The van der Waals surface area contributed by atoms with Crippen molar-refractivity contribution in [1.82, 2.24) is 36.5 Å². The first-order valence-electron chi connectivity index (χ1n) is 21.1. The molecule has 1 aliphatic rings. The monoisotopic (exact) mass is 859 g/mol. The van der Waals surface area contributed by atoms with Crippen molar-refractivity contribution in [3.05, 3.63) is 71.9 Å². The number of aromatic amines is 1. The lowest BCUT2D eigenvalue weighted by molar-refractivity contribution is -0.139. The number of benzene rings is 2. The Labute approximate surface area is 360 Å². The summed E-state index contributed by atoms with van der Waals surface area (Å²) in [5.41, 5.74) is 19.0. The van der Waals surface area contributed by atoms with Gasteiger partial charge in [-0.3, -0.25) is 38.6 Å². The van der Waals surface area contributed by atoms with Gasteiger partial charge in [0.1, 0.15) is 30.2 Å². The second-order valence-electron chi connectivity index (χ2n) is 15.4. The Balaban J connectivity index is 1.60. The van der Waals surface area contributed by atoms with Gasteiger partial charge < -0.3 is 58.8 Å². The maximum Gasteiger partial charge on any atom is 0.243 e. The molecule has 0 radical (unpaired) electrons. The summed E-state index contributed by atoms with van der Waals surface area (Å²) >= 11 is 0. The first-order valence-corrected chi connectivity index (χ1v) is 21.1. The molecule has 0 aliphatic carbocycles. The number of rotatable bonds is 24. The molecule has 1 aromatic heterocycles. The number of carbonyl (C=O) groups excluding carboxylic acids is 7. The van der Waals surface area contributed by atoms with Crippen LogP contribution in [-0.4, -0.2) is 118 Å². The number of likely N-dealkylation sites (tertiary alicyclic amines) is 1. The van der Waals surface area contributed by atoms with Gasteiger partial charge in [0.15, 0.2) is 5.96 Å². The van der Waals surface area contributed by atoms with Gasteiger partial charge in [-0.05, 0) is 49.3 Å². The van der Waals surface area contributed by atoms with E-state index < -0.39 is 65.8 Å². The number of nitrogens with zero attached hydrogens (tertiary/aromatic N) is 2. The van der Waals surface area contributed by atoms with Gasteiger partial charge in [0, 0.05) is 68.8 Å². The number of guanidine groups is 1. The summed E-state index contributed by atoms with van der Waals surface area (Å²) in [7, 11) is 0. The molecule has 62 heavy (non-hydrogen) atoms. The van der Waals surface area contributed by atoms with E-state index in [-0.39, 0.29) is 75.8 Å². The van der Waals surface area contributed by atoms with Gasteiger partial charge in [-0.15, -0.1) is 0 Å². The van der Waals surface area contributed by atoms with Crippen molar-refractivity contribution in [2.24, 2.45) is 22.2 Å². The molecule has 2 heterocycles. The average Bonchev–Trinajstić information content (AvgIpc) is 3.86. The van der Waals surface area contributed by atoms with Crippen LogP contribution in [0.3, 0.4) is 0 Å². The standard InChI is InChI=1S/C43H61N11O8/c1-3-36(56)47-19-11-10-17-31(38(44)58)50-41(61)34(22-27-24-49-30-16-9-8-15-29(27)30)52-39(59)32(18-12-20-48-43(45)46)51-40(60)33(21-26-13-6-5-7-14-26)53-42(62)35-23-28(55)25-54(35)37(57)4-2/h5-9,13-16,24,28,31-35,49,55H,3-4,10-12,17-23,25H2,1-2H3,(H2,44,58)(H,47,56)(H,50,61)(H,51,60)(H,52,59)(H,53,62)(H4,45,46,48)/t28-,31+,32+,33-,34+,35+/m1/s1. The van der Waals surface area contributed by atoms with E-state index in [9.17, 15) is 38.7 Å². The van der Waals surface area contributed by atoms with Crippen LogP contribution in [0.5, 0.6) is 0 Å². The number of fused-ring (bicyclic) bond motifs is 1. The van der Waals surface area contributed by atoms with E-state index in [0.717, 1.165) is 10.9 Å². The van der Waals surface area contributed by atoms with Crippen LogP contribution in [-0.2, 0) is 46.4 Å². The molecule has 6 atom stereocenters. The van der Waals surface area contributed by atoms with Crippen LogP contribution in [0.25, 0.3) is 10.9 Å². The number of hydrogen-bond acceptors (Lipinski definition) is 9. The van der Waals surface area contributed by atoms with Crippen LogP contribution in [0, 0.1) is 0 Å². The molecule has 19 heteroatoms. The molecular formula is C43H61N11O8. The third-order valence-electron chi connectivity index (χ3n) is 10.7. The highest BCUT2D eigenvalue weighted by atomic mass is 16.3. The number of H-pyrrole nitrogens is 1. The third-order valence-corrected chi connectivity index (χ3v) is 10.7. The summed E-state index contributed by atoms with van der Waals surface area (Å²) in [5, 5.41) is 25.0. The van der Waals surface area contributed by atoms with E-state index in [2.05, 4.69) is 36.6 Å². The van der Waals surface area contributed by atoms with Crippen molar-refractivity contribution < 1.29 is 38.7 Å². The zero-order valence-corrected chi connectivity index (χ0v) is 35.4. The molecule has 0 spiro atoms. The van der Waals surface area contributed by atoms with Crippen LogP contribution in [0.2, 0.25) is 0 Å². The number of aliphatic hydroxyl groups is 1. The smallest absolute Gasteiger partial charge is 0.243 e.